The second-order valence-electron chi connectivity index (χ2n) is 5.63. The summed E-state index contributed by atoms with van der Waals surface area (Å²) in [7, 11) is 0. The van der Waals surface area contributed by atoms with E-state index >= 15 is 0 Å². The fourth-order valence-electron chi connectivity index (χ4n) is 2.52. The van der Waals surface area contributed by atoms with Crippen molar-refractivity contribution < 1.29 is 9.72 Å². The highest BCUT2D eigenvalue weighted by atomic mass is 32.1. The molecule has 0 fully saturated rings. The van der Waals surface area contributed by atoms with Gasteiger partial charge in [-0.2, -0.15) is 0 Å². The van der Waals surface area contributed by atoms with Crippen LogP contribution in [0.3, 0.4) is 0 Å². The molecule has 0 saturated carbocycles. The molecule has 0 unspecified atom stereocenters. The lowest BCUT2D eigenvalue weighted by atomic mass is 10.2. The van der Waals surface area contributed by atoms with E-state index in [1.165, 1.54) is 6.07 Å². The molecule has 0 aliphatic heterocycles. The summed E-state index contributed by atoms with van der Waals surface area (Å²) in [6.45, 7) is 0.808. The number of amides is 1. The minimum Gasteiger partial charge on any atom is -0.378 e. The number of nitrogens with zero attached hydrogens (tertiary/aromatic N) is 2. The number of nitro benzene ring substituents is 1. The van der Waals surface area contributed by atoms with Crippen molar-refractivity contribution in [2.45, 2.75) is 12.8 Å². The van der Waals surface area contributed by atoms with Gasteiger partial charge in [0.15, 0.2) is 0 Å². The van der Waals surface area contributed by atoms with Crippen LogP contribution in [0.2, 0.25) is 0 Å². The average molecular weight is 370 g/mol. The fraction of sp³-hybridized carbons (Fsp3) is 0.222. The van der Waals surface area contributed by atoms with Crippen LogP contribution >= 0.6 is 11.3 Å². The number of nitrogens with one attached hydrogen (secondary N) is 2. The number of fused-ring (bicyclic) bond motifs is 1. The number of hydrogen-bond donors (Lipinski definition) is 2. The first-order valence-corrected chi connectivity index (χ1v) is 9.03. The van der Waals surface area contributed by atoms with E-state index < -0.39 is 4.92 Å². The Hall–Kier alpha value is -3.00. The summed E-state index contributed by atoms with van der Waals surface area (Å²) in [5.74, 6) is -0.0615. The lowest BCUT2D eigenvalue weighted by molar-refractivity contribution is -0.384. The molecule has 0 saturated heterocycles. The van der Waals surface area contributed by atoms with Gasteiger partial charge in [-0.3, -0.25) is 14.9 Å². The zero-order valence-electron chi connectivity index (χ0n) is 14.0. The Balaban J connectivity index is 1.41. The van der Waals surface area contributed by atoms with E-state index in [9.17, 15) is 14.9 Å². The maximum absolute atomic E-state index is 11.9. The maximum atomic E-state index is 11.9. The van der Waals surface area contributed by atoms with Gasteiger partial charge in [0.1, 0.15) is 5.69 Å². The fourth-order valence-corrected chi connectivity index (χ4v) is 3.48. The molecule has 8 heteroatoms. The van der Waals surface area contributed by atoms with Crippen LogP contribution in [0.4, 0.5) is 11.4 Å². The van der Waals surface area contributed by atoms with Gasteiger partial charge in [-0.05, 0) is 18.2 Å². The van der Waals surface area contributed by atoms with Gasteiger partial charge in [0.2, 0.25) is 5.91 Å². The summed E-state index contributed by atoms with van der Waals surface area (Å²) in [5.41, 5.74) is 1.43. The van der Waals surface area contributed by atoms with E-state index in [1.54, 1.807) is 29.5 Å². The van der Waals surface area contributed by atoms with Gasteiger partial charge in [-0.1, -0.05) is 24.3 Å². The number of rotatable bonds is 8. The van der Waals surface area contributed by atoms with Crippen LogP contribution in [-0.4, -0.2) is 28.9 Å². The normalized spacial score (nSPS) is 10.6. The molecule has 26 heavy (non-hydrogen) atoms. The third-order valence-corrected chi connectivity index (χ3v) is 4.86. The minimum atomic E-state index is -0.432. The monoisotopic (exact) mass is 370 g/mol. The van der Waals surface area contributed by atoms with E-state index in [2.05, 4.69) is 15.6 Å². The third kappa shape index (κ3) is 4.54. The summed E-state index contributed by atoms with van der Waals surface area (Å²) in [6, 6.07) is 14.3. The van der Waals surface area contributed by atoms with E-state index in [4.69, 9.17) is 0 Å². The van der Waals surface area contributed by atoms with Crippen LogP contribution in [0.1, 0.15) is 11.4 Å². The van der Waals surface area contributed by atoms with Crippen LogP contribution < -0.4 is 10.6 Å². The predicted molar refractivity (Wildman–Crippen MR) is 103 cm³/mol. The van der Waals surface area contributed by atoms with Gasteiger partial charge >= 0.3 is 0 Å². The van der Waals surface area contributed by atoms with Crippen LogP contribution in [0, 0.1) is 10.1 Å². The van der Waals surface area contributed by atoms with Crippen molar-refractivity contribution in [2.24, 2.45) is 0 Å². The van der Waals surface area contributed by atoms with E-state index in [1.807, 2.05) is 24.3 Å². The van der Waals surface area contributed by atoms with Crippen molar-refractivity contribution >= 4 is 38.8 Å². The first kappa shape index (κ1) is 17.8. The van der Waals surface area contributed by atoms with Gasteiger partial charge in [0.05, 0.1) is 20.1 Å². The lowest BCUT2D eigenvalue weighted by Gasteiger charge is -2.08. The molecule has 0 radical (unpaired) electrons. The number of benzene rings is 2. The Morgan fingerprint density at radius 2 is 1.88 bits per heavy atom. The molecule has 134 valence electrons. The zero-order valence-corrected chi connectivity index (χ0v) is 14.8. The summed E-state index contributed by atoms with van der Waals surface area (Å²) in [6.07, 6.45) is 0.966. The standard InChI is InChI=1S/C18H18N4O3S/c23-17(9-10-18-21-14-6-2-4-8-16(14)26-18)20-12-11-19-13-5-1-3-7-15(13)22(24)25/h1-8,19H,9-12H2,(H,20,23). The Bertz CT molecular complexity index is 892. The van der Waals surface area contributed by atoms with Crippen molar-refractivity contribution in [1.82, 2.24) is 10.3 Å². The van der Waals surface area contributed by atoms with Gasteiger partial charge in [-0.25, -0.2) is 4.98 Å². The van der Waals surface area contributed by atoms with Crippen molar-refractivity contribution in [3.63, 3.8) is 0 Å². The largest absolute Gasteiger partial charge is 0.378 e. The number of anilines is 1. The molecular weight excluding hydrogens is 352 g/mol. The number of carbonyl (C=O) groups excluding carboxylic acids is 1. The molecule has 7 nitrogen and oxygen atoms in total. The summed E-state index contributed by atoms with van der Waals surface area (Å²) in [5, 5.41) is 17.7. The molecule has 1 heterocycles. The molecule has 0 spiro atoms. The van der Waals surface area contributed by atoms with Gasteiger partial charge < -0.3 is 10.6 Å². The van der Waals surface area contributed by atoms with Crippen molar-refractivity contribution in [3.8, 4) is 0 Å². The molecule has 2 aromatic carbocycles. The predicted octanol–water partition coefficient (Wildman–Crippen LogP) is 3.37. The van der Waals surface area contributed by atoms with Gasteiger partial charge in [0, 0.05) is 32.0 Å². The maximum Gasteiger partial charge on any atom is 0.292 e. The Kier molecular flexibility index (Phi) is 5.75. The van der Waals surface area contributed by atoms with E-state index in [0.29, 0.717) is 31.6 Å². The number of para-hydroxylation sites is 3. The highest BCUT2D eigenvalue weighted by Crippen LogP contribution is 2.23. The summed E-state index contributed by atoms with van der Waals surface area (Å²) >= 11 is 1.60. The third-order valence-electron chi connectivity index (χ3n) is 3.77. The van der Waals surface area contributed by atoms with Gasteiger partial charge in [-0.15, -0.1) is 11.3 Å². The van der Waals surface area contributed by atoms with E-state index in [-0.39, 0.29) is 11.6 Å². The summed E-state index contributed by atoms with van der Waals surface area (Å²) < 4.78 is 1.12. The van der Waals surface area contributed by atoms with Crippen LogP contribution in [-0.2, 0) is 11.2 Å². The number of aromatic nitrogens is 1. The molecule has 3 aromatic rings. The zero-order chi connectivity index (χ0) is 18.4. The molecule has 2 N–H and O–H groups in total. The Morgan fingerprint density at radius 3 is 2.69 bits per heavy atom. The number of carbonyl (C=O) groups is 1. The lowest BCUT2D eigenvalue weighted by Crippen LogP contribution is -2.29. The molecule has 1 amide bonds. The van der Waals surface area contributed by atoms with Crippen LogP contribution in [0.25, 0.3) is 10.2 Å². The Labute approximate surface area is 154 Å². The molecule has 0 aliphatic rings. The number of nitro groups is 1. The highest BCUT2D eigenvalue weighted by Gasteiger charge is 2.11. The molecule has 1 aromatic heterocycles. The first-order valence-electron chi connectivity index (χ1n) is 8.22. The minimum absolute atomic E-state index is 0.0228. The second-order valence-corrected chi connectivity index (χ2v) is 6.74. The molecule has 3 rings (SSSR count). The van der Waals surface area contributed by atoms with E-state index in [0.717, 1.165) is 15.2 Å². The van der Waals surface area contributed by atoms with Crippen molar-refractivity contribution in [3.05, 3.63) is 63.7 Å². The number of aryl methyl sites for hydroxylation is 1. The molecule has 0 atom stereocenters. The second kappa shape index (κ2) is 8.39. The van der Waals surface area contributed by atoms with Crippen LogP contribution in [0.5, 0.6) is 0 Å². The number of thiazole rings is 1. The van der Waals surface area contributed by atoms with Crippen molar-refractivity contribution in [1.29, 1.82) is 0 Å². The molecule has 0 aliphatic carbocycles. The topological polar surface area (TPSA) is 97.2 Å². The smallest absolute Gasteiger partial charge is 0.292 e. The highest BCUT2D eigenvalue weighted by molar-refractivity contribution is 7.18. The first-order chi connectivity index (χ1) is 12.6. The number of hydrogen-bond acceptors (Lipinski definition) is 6. The average Bonchev–Trinajstić information content (AvgIpc) is 3.07. The SMILES string of the molecule is O=C(CCc1nc2ccccc2s1)NCCNc1ccccc1[N+](=O)[O-]. The quantitative estimate of drug-likeness (QED) is 0.360. The van der Waals surface area contributed by atoms with Gasteiger partial charge in [0.25, 0.3) is 5.69 Å². The van der Waals surface area contributed by atoms with Crippen LogP contribution in [0.15, 0.2) is 48.5 Å². The van der Waals surface area contributed by atoms with Crippen molar-refractivity contribution in [2.75, 3.05) is 18.4 Å². The molecular formula is C18H18N4O3S. The molecule has 0 bridgehead atoms. The summed E-state index contributed by atoms with van der Waals surface area (Å²) in [4.78, 5) is 27.0. The Morgan fingerprint density at radius 1 is 1.12 bits per heavy atom.